The van der Waals surface area contributed by atoms with Gasteiger partial charge in [0.2, 0.25) is 0 Å². The van der Waals surface area contributed by atoms with Gasteiger partial charge in [0.1, 0.15) is 12.4 Å². The van der Waals surface area contributed by atoms with Crippen LogP contribution in [-0.4, -0.2) is 72.8 Å². The molecule has 1 aromatic heterocycles. The Morgan fingerprint density at radius 2 is 1.85 bits per heavy atom. The minimum absolute atomic E-state index is 0.430. The molecular formula is C33H41N7O. The number of nitrogens with one attached hydrogen (secondary N) is 1. The van der Waals surface area contributed by atoms with Gasteiger partial charge < -0.3 is 24.8 Å². The maximum atomic E-state index is 9.10. The predicted molar refractivity (Wildman–Crippen MR) is 163 cm³/mol. The van der Waals surface area contributed by atoms with Crippen molar-refractivity contribution in [3.63, 3.8) is 0 Å². The molecule has 2 bridgehead atoms. The molecule has 4 aliphatic heterocycles. The smallest absolute Gasteiger partial charge is 0.318 e. The summed E-state index contributed by atoms with van der Waals surface area (Å²) in [6.45, 7) is 5.46. The largest absolute Gasteiger partial charge is 0.462 e. The van der Waals surface area contributed by atoms with Gasteiger partial charge in [-0.3, -0.25) is 0 Å². The second-order valence-corrected chi connectivity index (χ2v) is 12.4. The van der Waals surface area contributed by atoms with Crippen LogP contribution in [0.15, 0.2) is 36.4 Å². The van der Waals surface area contributed by atoms with Crippen LogP contribution >= 0.6 is 0 Å². The van der Waals surface area contributed by atoms with Crippen LogP contribution in [0.5, 0.6) is 6.01 Å². The Bertz CT molecular complexity index is 1430. The zero-order valence-corrected chi connectivity index (χ0v) is 24.2. The van der Waals surface area contributed by atoms with Crippen molar-refractivity contribution in [3.05, 3.63) is 53.2 Å². The highest BCUT2D eigenvalue weighted by molar-refractivity contribution is 5.97. The summed E-state index contributed by atoms with van der Waals surface area (Å²) in [5.74, 6) is 1.10. The normalized spacial score (nSPS) is 24.0. The third-order valence-electron chi connectivity index (χ3n) is 9.66. The number of aromatic nitrogens is 2. The summed E-state index contributed by atoms with van der Waals surface area (Å²) in [6, 6.07) is 17.6. The van der Waals surface area contributed by atoms with Gasteiger partial charge in [-0.1, -0.05) is 30.3 Å². The van der Waals surface area contributed by atoms with E-state index in [4.69, 9.17) is 20.0 Å². The minimum atomic E-state index is 0.430. The molecule has 8 heteroatoms. The lowest BCUT2D eigenvalue weighted by Gasteiger charge is -2.37. The molecule has 4 aliphatic rings. The molecule has 0 aliphatic carbocycles. The molecule has 8 nitrogen and oxygen atoms in total. The second-order valence-electron chi connectivity index (χ2n) is 12.4. The van der Waals surface area contributed by atoms with Crippen LogP contribution in [0.1, 0.15) is 55.3 Å². The van der Waals surface area contributed by atoms with Crippen molar-refractivity contribution < 1.29 is 4.74 Å². The fraction of sp³-hybridized carbons (Fsp3) is 0.545. The number of anilines is 2. The van der Waals surface area contributed by atoms with E-state index >= 15 is 0 Å². The van der Waals surface area contributed by atoms with E-state index in [1.165, 1.54) is 53.3 Å². The Morgan fingerprint density at radius 1 is 1.02 bits per heavy atom. The maximum Gasteiger partial charge on any atom is 0.318 e. The van der Waals surface area contributed by atoms with Crippen molar-refractivity contribution >= 4 is 22.3 Å². The van der Waals surface area contributed by atoms with Gasteiger partial charge in [-0.25, -0.2) is 0 Å². The summed E-state index contributed by atoms with van der Waals surface area (Å²) in [6.07, 6.45) is 8.19. The SMILES string of the molecule is CN1CCC[C@H]1COc1nc2c(c(N3C[C@H]4CC[C@@H](C3)N4)n1)CCN(c1cccc3cccc(CCCC#N)c13)C2. The summed E-state index contributed by atoms with van der Waals surface area (Å²) >= 11 is 0. The van der Waals surface area contributed by atoms with Gasteiger partial charge in [0.05, 0.1) is 18.3 Å². The van der Waals surface area contributed by atoms with Crippen LogP contribution < -0.4 is 19.9 Å². The van der Waals surface area contributed by atoms with Crippen molar-refractivity contribution in [2.24, 2.45) is 0 Å². The van der Waals surface area contributed by atoms with E-state index in [0.717, 1.165) is 63.5 Å². The topological polar surface area (TPSA) is 80.6 Å². The van der Waals surface area contributed by atoms with Gasteiger partial charge in [-0.15, -0.1) is 0 Å². The molecule has 41 heavy (non-hydrogen) atoms. The summed E-state index contributed by atoms with van der Waals surface area (Å²) in [5.41, 5.74) is 4.97. The fourth-order valence-corrected chi connectivity index (χ4v) is 7.48. The minimum Gasteiger partial charge on any atom is -0.462 e. The van der Waals surface area contributed by atoms with E-state index in [9.17, 15) is 0 Å². The molecule has 3 atom stereocenters. The van der Waals surface area contributed by atoms with E-state index in [2.05, 4.69) is 69.5 Å². The van der Waals surface area contributed by atoms with E-state index in [1.54, 1.807) is 0 Å². The van der Waals surface area contributed by atoms with Crippen LogP contribution in [0.3, 0.4) is 0 Å². The molecule has 214 valence electrons. The van der Waals surface area contributed by atoms with Gasteiger partial charge >= 0.3 is 6.01 Å². The van der Waals surface area contributed by atoms with E-state index in [1.807, 2.05) is 0 Å². The molecule has 0 unspecified atom stereocenters. The Balaban J connectivity index is 1.22. The highest BCUT2D eigenvalue weighted by Crippen LogP contribution is 2.37. The average molecular weight is 552 g/mol. The monoisotopic (exact) mass is 551 g/mol. The van der Waals surface area contributed by atoms with Crippen LogP contribution in [0.4, 0.5) is 11.5 Å². The Hall–Kier alpha value is -3.41. The van der Waals surface area contributed by atoms with Gasteiger partial charge in [0, 0.05) is 60.8 Å². The van der Waals surface area contributed by atoms with Crippen molar-refractivity contribution in [2.75, 3.05) is 49.6 Å². The fourth-order valence-electron chi connectivity index (χ4n) is 7.48. The van der Waals surface area contributed by atoms with E-state index in [-0.39, 0.29) is 0 Å². The molecule has 7 rings (SSSR count). The highest BCUT2D eigenvalue weighted by atomic mass is 16.5. The van der Waals surface area contributed by atoms with Gasteiger partial charge in [-0.2, -0.15) is 15.2 Å². The Morgan fingerprint density at radius 3 is 2.63 bits per heavy atom. The van der Waals surface area contributed by atoms with Gasteiger partial charge in [0.15, 0.2) is 0 Å². The number of ether oxygens (including phenoxy) is 1. The highest BCUT2D eigenvalue weighted by Gasteiger charge is 2.35. The average Bonchev–Trinajstić information content (AvgIpc) is 3.57. The first-order chi connectivity index (χ1) is 20.2. The second kappa shape index (κ2) is 11.5. The Kier molecular flexibility index (Phi) is 7.40. The zero-order valence-electron chi connectivity index (χ0n) is 24.2. The number of likely N-dealkylation sites (tertiary alicyclic amines) is 1. The third kappa shape index (κ3) is 5.33. The van der Waals surface area contributed by atoms with E-state index in [0.29, 0.717) is 37.2 Å². The number of nitrogens with zero attached hydrogens (tertiary/aromatic N) is 6. The molecule has 5 heterocycles. The molecule has 0 amide bonds. The molecule has 3 saturated heterocycles. The lowest BCUT2D eigenvalue weighted by atomic mass is 9.96. The van der Waals surface area contributed by atoms with Gasteiger partial charge in [-0.05, 0) is 75.6 Å². The van der Waals surface area contributed by atoms with Crippen molar-refractivity contribution in [3.8, 4) is 12.1 Å². The first kappa shape index (κ1) is 26.5. The van der Waals surface area contributed by atoms with Crippen LogP contribution in [0.25, 0.3) is 10.8 Å². The third-order valence-corrected chi connectivity index (χ3v) is 9.66. The number of unbranched alkanes of at least 4 members (excludes halogenated alkanes) is 1. The first-order valence-electron chi connectivity index (χ1n) is 15.5. The number of fused-ring (bicyclic) bond motifs is 4. The number of aryl methyl sites for hydroxylation is 1. The lowest BCUT2D eigenvalue weighted by Crippen LogP contribution is -2.52. The van der Waals surface area contributed by atoms with Crippen molar-refractivity contribution in [1.29, 1.82) is 5.26 Å². The van der Waals surface area contributed by atoms with Crippen LogP contribution in [-0.2, 0) is 19.4 Å². The summed E-state index contributed by atoms with van der Waals surface area (Å²) in [4.78, 5) is 17.6. The van der Waals surface area contributed by atoms with Crippen molar-refractivity contribution in [2.45, 2.75) is 76.0 Å². The summed E-state index contributed by atoms with van der Waals surface area (Å²) in [5, 5.41) is 15.4. The van der Waals surface area contributed by atoms with E-state index < -0.39 is 0 Å². The molecule has 0 saturated carbocycles. The first-order valence-corrected chi connectivity index (χ1v) is 15.5. The van der Waals surface area contributed by atoms with Crippen LogP contribution in [0.2, 0.25) is 0 Å². The van der Waals surface area contributed by atoms with Gasteiger partial charge in [0.25, 0.3) is 0 Å². The molecule has 3 fully saturated rings. The number of likely N-dealkylation sites (N-methyl/N-ethyl adjacent to an activating group) is 1. The molecule has 0 radical (unpaired) electrons. The number of hydrogen-bond acceptors (Lipinski definition) is 8. The summed E-state index contributed by atoms with van der Waals surface area (Å²) < 4.78 is 6.36. The predicted octanol–water partition coefficient (Wildman–Crippen LogP) is 4.45. The quantitative estimate of drug-likeness (QED) is 0.412. The number of piperazine rings is 1. The number of rotatable bonds is 8. The van der Waals surface area contributed by atoms with Crippen LogP contribution in [0, 0.1) is 11.3 Å². The summed E-state index contributed by atoms with van der Waals surface area (Å²) in [7, 11) is 2.19. The molecule has 2 aromatic carbocycles. The number of benzene rings is 2. The maximum absolute atomic E-state index is 9.10. The van der Waals surface area contributed by atoms with Crippen molar-refractivity contribution in [1.82, 2.24) is 20.2 Å². The number of hydrogen-bond donors (Lipinski definition) is 1. The molecule has 1 N–H and O–H groups in total. The lowest BCUT2D eigenvalue weighted by molar-refractivity contribution is 0.187. The Labute approximate surface area is 243 Å². The molecule has 0 spiro atoms. The zero-order chi connectivity index (χ0) is 27.8. The molecule has 3 aromatic rings. The number of nitriles is 1. The standard InChI is InChI=1S/C33H41N7O/c1-38-17-6-11-27(38)22-41-33-36-29-21-39(18-15-28(29)32(37-33)40-19-25-13-14-26(20-40)35-25)30-12-5-10-24-9-4-8-23(31(24)30)7-2-3-16-34/h4-5,8-10,12,25-27,35H,2-3,6-7,11,13-15,17-22H2,1H3/t25-,26+,27-/m0/s1. The molecular weight excluding hydrogens is 510 g/mol.